The number of benzene rings is 2. The van der Waals surface area contributed by atoms with Gasteiger partial charge in [-0.15, -0.1) is 0 Å². The monoisotopic (exact) mass is 470 g/mol. The molecule has 0 aliphatic carbocycles. The number of fused-ring (bicyclic) bond motifs is 2. The van der Waals surface area contributed by atoms with E-state index in [0.717, 1.165) is 11.1 Å². The van der Waals surface area contributed by atoms with Crippen molar-refractivity contribution in [3.63, 3.8) is 0 Å². The summed E-state index contributed by atoms with van der Waals surface area (Å²) >= 11 is 11.1. The molecule has 0 saturated carbocycles. The number of hydrogen-bond donors (Lipinski definition) is 0. The van der Waals surface area contributed by atoms with E-state index < -0.39 is 0 Å². The minimum Gasteiger partial charge on any atom is -0.270 e. The smallest absolute Gasteiger partial charge is 0.261 e. The van der Waals surface area contributed by atoms with E-state index in [1.807, 2.05) is 0 Å². The normalized spacial score (nSPS) is 15.6. The van der Waals surface area contributed by atoms with Crippen molar-refractivity contribution >= 4 is 46.8 Å². The molecule has 4 rings (SSSR count). The van der Waals surface area contributed by atoms with Gasteiger partial charge < -0.3 is 0 Å². The first-order valence-corrected chi connectivity index (χ1v) is 10.6. The van der Waals surface area contributed by atoms with Gasteiger partial charge in [-0.05, 0) is 49.3 Å². The molecule has 2 aliphatic heterocycles. The third kappa shape index (κ3) is 4.52. The molecule has 0 radical (unpaired) electrons. The first kappa shape index (κ1) is 23.4. The SMILES string of the molecule is C/C(=C/Cl)CN1C(=O)c2ccccc2C1=O.C/C(=C\Cl)CN1C(=O)c2ccccc2C1=O. The van der Waals surface area contributed by atoms with Crippen LogP contribution in [0.4, 0.5) is 0 Å². The minimum atomic E-state index is -0.251. The lowest BCUT2D eigenvalue weighted by Gasteiger charge is -2.13. The largest absolute Gasteiger partial charge is 0.270 e. The summed E-state index contributed by atoms with van der Waals surface area (Å²) < 4.78 is 0. The number of carbonyl (C=O) groups excluding carboxylic acids is 4. The van der Waals surface area contributed by atoms with Crippen molar-refractivity contribution < 1.29 is 19.2 Å². The van der Waals surface area contributed by atoms with Crippen LogP contribution in [0, 0.1) is 0 Å². The number of halogens is 2. The third-order valence-electron chi connectivity index (χ3n) is 4.94. The molecule has 4 amide bonds. The maximum atomic E-state index is 11.9. The molecule has 164 valence electrons. The Morgan fingerprint density at radius 2 is 0.875 bits per heavy atom. The molecule has 0 fully saturated rings. The molecule has 0 atom stereocenters. The van der Waals surface area contributed by atoms with Crippen LogP contribution in [0.15, 0.2) is 70.7 Å². The topological polar surface area (TPSA) is 74.8 Å². The molecule has 0 N–H and O–H groups in total. The van der Waals surface area contributed by atoms with Crippen molar-refractivity contribution in [3.05, 3.63) is 93.0 Å². The van der Waals surface area contributed by atoms with Gasteiger partial charge in [-0.3, -0.25) is 29.0 Å². The second-order valence-corrected chi connectivity index (χ2v) is 7.83. The number of rotatable bonds is 4. The fraction of sp³-hybridized carbons (Fsp3) is 0.167. The van der Waals surface area contributed by atoms with E-state index in [2.05, 4.69) is 0 Å². The molecular weight excluding hydrogens is 451 g/mol. The highest BCUT2D eigenvalue weighted by Crippen LogP contribution is 2.24. The summed E-state index contributed by atoms with van der Waals surface area (Å²) in [5.74, 6) is -1.01. The van der Waals surface area contributed by atoms with E-state index in [1.54, 1.807) is 62.4 Å². The fourth-order valence-corrected chi connectivity index (χ4v) is 3.47. The lowest BCUT2D eigenvalue weighted by molar-refractivity contribution is 0.0653. The molecule has 0 unspecified atom stereocenters. The Kier molecular flexibility index (Phi) is 7.28. The molecule has 6 nitrogen and oxygen atoms in total. The molecule has 0 bridgehead atoms. The van der Waals surface area contributed by atoms with Crippen LogP contribution in [0.3, 0.4) is 0 Å². The molecule has 0 aromatic heterocycles. The molecule has 2 heterocycles. The Labute approximate surface area is 195 Å². The highest BCUT2D eigenvalue weighted by atomic mass is 35.5. The van der Waals surface area contributed by atoms with E-state index in [0.29, 0.717) is 22.3 Å². The van der Waals surface area contributed by atoms with Gasteiger partial charge in [0.15, 0.2) is 0 Å². The van der Waals surface area contributed by atoms with Crippen molar-refractivity contribution in [2.45, 2.75) is 13.8 Å². The maximum Gasteiger partial charge on any atom is 0.261 e. The quantitative estimate of drug-likeness (QED) is 0.598. The van der Waals surface area contributed by atoms with E-state index in [-0.39, 0.29) is 36.7 Å². The predicted molar refractivity (Wildman–Crippen MR) is 123 cm³/mol. The van der Waals surface area contributed by atoms with Crippen molar-refractivity contribution in [2.24, 2.45) is 0 Å². The van der Waals surface area contributed by atoms with Gasteiger partial charge in [0.2, 0.25) is 0 Å². The highest BCUT2D eigenvalue weighted by molar-refractivity contribution is 6.26. The van der Waals surface area contributed by atoms with Crippen LogP contribution in [-0.2, 0) is 0 Å². The van der Waals surface area contributed by atoms with Crippen LogP contribution >= 0.6 is 23.2 Å². The first-order chi connectivity index (χ1) is 15.3. The van der Waals surface area contributed by atoms with Crippen molar-refractivity contribution in [2.75, 3.05) is 13.1 Å². The van der Waals surface area contributed by atoms with Crippen LogP contribution in [0.5, 0.6) is 0 Å². The number of imide groups is 2. The summed E-state index contributed by atoms with van der Waals surface area (Å²) in [5, 5.41) is 0. The van der Waals surface area contributed by atoms with Crippen molar-refractivity contribution in [1.29, 1.82) is 0 Å². The Bertz CT molecular complexity index is 1010. The fourth-order valence-electron chi connectivity index (χ4n) is 3.33. The van der Waals surface area contributed by atoms with Crippen molar-refractivity contribution in [3.8, 4) is 0 Å². The van der Waals surface area contributed by atoms with E-state index in [4.69, 9.17) is 23.2 Å². The average molecular weight is 471 g/mol. The molecular formula is C24H20Cl2N2O4. The standard InChI is InChI=1S/2C12H10ClNO2/c2*1-8(6-13)7-14-11(15)9-4-2-3-5-10(9)12(14)16/h2*2-6H,7H2,1H3/b8-6+;8-6-. The van der Waals surface area contributed by atoms with Gasteiger partial charge >= 0.3 is 0 Å². The van der Waals surface area contributed by atoms with Crippen LogP contribution < -0.4 is 0 Å². The summed E-state index contributed by atoms with van der Waals surface area (Å²) in [6.07, 6.45) is 0. The molecule has 32 heavy (non-hydrogen) atoms. The Balaban J connectivity index is 0.000000181. The molecule has 2 aliphatic rings. The number of amides is 4. The summed E-state index contributed by atoms with van der Waals surface area (Å²) in [7, 11) is 0. The molecule has 8 heteroatoms. The van der Waals surface area contributed by atoms with Crippen LogP contribution in [0.2, 0.25) is 0 Å². The van der Waals surface area contributed by atoms with Gasteiger partial charge in [-0.1, -0.05) is 47.5 Å². The number of carbonyl (C=O) groups is 4. The molecule has 0 spiro atoms. The zero-order valence-electron chi connectivity index (χ0n) is 17.5. The Morgan fingerprint density at radius 3 is 1.09 bits per heavy atom. The summed E-state index contributed by atoms with van der Waals surface area (Å²) in [6, 6.07) is 13.6. The van der Waals surface area contributed by atoms with Crippen LogP contribution in [-0.4, -0.2) is 46.5 Å². The van der Waals surface area contributed by atoms with E-state index in [9.17, 15) is 19.2 Å². The number of hydrogen-bond acceptors (Lipinski definition) is 4. The van der Waals surface area contributed by atoms with Gasteiger partial charge in [-0.2, -0.15) is 0 Å². The summed E-state index contributed by atoms with van der Waals surface area (Å²) in [6.45, 7) is 4.04. The Morgan fingerprint density at radius 1 is 0.625 bits per heavy atom. The molecule has 2 aromatic carbocycles. The molecule has 0 saturated heterocycles. The minimum absolute atomic E-state index is 0.246. The Hall–Kier alpha value is -3.22. The van der Waals surface area contributed by atoms with Gasteiger partial charge in [0, 0.05) is 11.1 Å². The van der Waals surface area contributed by atoms with Gasteiger partial charge in [0.05, 0.1) is 35.3 Å². The van der Waals surface area contributed by atoms with Gasteiger partial charge in [0.25, 0.3) is 23.6 Å². The zero-order chi connectivity index (χ0) is 23.4. The van der Waals surface area contributed by atoms with E-state index >= 15 is 0 Å². The summed E-state index contributed by atoms with van der Waals surface area (Å²) in [5.41, 5.74) is 6.18. The predicted octanol–water partition coefficient (Wildman–Crippen LogP) is 4.85. The molecule has 2 aromatic rings. The third-order valence-corrected chi connectivity index (χ3v) is 5.69. The highest BCUT2D eigenvalue weighted by Gasteiger charge is 2.35. The van der Waals surface area contributed by atoms with Gasteiger partial charge in [0.1, 0.15) is 0 Å². The first-order valence-electron chi connectivity index (χ1n) is 9.72. The van der Waals surface area contributed by atoms with Crippen LogP contribution in [0.1, 0.15) is 55.3 Å². The average Bonchev–Trinajstić information content (AvgIpc) is 3.20. The lowest BCUT2D eigenvalue weighted by Crippen LogP contribution is -2.31. The number of nitrogens with zero attached hydrogens (tertiary/aromatic N) is 2. The second-order valence-electron chi connectivity index (χ2n) is 7.39. The van der Waals surface area contributed by atoms with Crippen molar-refractivity contribution in [1.82, 2.24) is 9.80 Å². The maximum absolute atomic E-state index is 11.9. The lowest BCUT2D eigenvalue weighted by atomic mass is 10.1. The second kappa shape index (κ2) is 9.94. The summed E-state index contributed by atoms with van der Waals surface area (Å²) in [4.78, 5) is 50.0. The van der Waals surface area contributed by atoms with E-state index in [1.165, 1.54) is 20.9 Å². The zero-order valence-corrected chi connectivity index (χ0v) is 19.0. The van der Waals surface area contributed by atoms with Gasteiger partial charge in [-0.25, -0.2) is 0 Å². The van der Waals surface area contributed by atoms with Crippen LogP contribution in [0.25, 0.3) is 0 Å².